The number of carboxylic acids is 1. The summed E-state index contributed by atoms with van der Waals surface area (Å²) >= 11 is 0. The van der Waals surface area contributed by atoms with Crippen LogP contribution in [-0.4, -0.2) is 165 Å². The Morgan fingerprint density at radius 1 is 0.760 bits per heavy atom. The summed E-state index contributed by atoms with van der Waals surface area (Å²) in [5.74, 6) is -5.97. The zero-order valence-corrected chi connectivity index (χ0v) is 29.0. The Kier molecular flexibility index (Phi) is 14.1. The fraction of sp³-hybridized carbons (Fsp3) is 0.871. The lowest BCUT2D eigenvalue weighted by molar-refractivity contribution is -0.351. The molecule has 2 saturated heterocycles. The van der Waals surface area contributed by atoms with Crippen LogP contribution >= 0.6 is 0 Å². The van der Waals surface area contributed by atoms with Crippen molar-refractivity contribution in [1.29, 1.82) is 0 Å². The lowest BCUT2D eigenvalue weighted by Crippen LogP contribution is -2.68. The van der Waals surface area contributed by atoms with Crippen LogP contribution in [0.4, 0.5) is 0 Å². The number of carboxylic acid groups (broad SMARTS) is 1. The van der Waals surface area contributed by atoms with Crippen LogP contribution in [0.25, 0.3) is 0 Å². The number of aliphatic carboxylic acids is 1. The summed E-state index contributed by atoms with van der Waals surface area (Å²) in [6, 6.07) is -1.48. The largest absolute Gasteiger partial charge is 0.479 e. The number of aliphatic hydroxyl groups excluding tert-OH is 6. The molecule has 0 radical (unpaired) electrons. The number of methoxy groups -OCH3 is 1. The molecule has 3 fully saturated rings. The fourth-order valence-electron chi connectivity index (χ4n) is 6.12. The highest BCUT2D eigenvalue weighted by Gasteiger charge is 2.55. The van der Waals surface area contributed by atoms with Crippen molar-refractivity contribution in [3.05, 3.63) is 0 Å². The van der Waals surface area contributed by atoms with Crippen LogP contribution in [0.5, 0.6) is 0 Å². The molecule has 1 aliphatic carbocycles. The van der Waals surface area contributed by atoms with E-state index in [9.17, 15) is 54.9 Å². The second-order valence-electron chi connectivity index (χ2n) is 14.1. The molecular weight excluding hydrogens is 674 g/mol. The molecule has 2 aliphatic heterocycles. The van der Waals surface area contributed by atoms with Gasteiger partial charge in [-0.25, -0.2) is 4.79 Å². The predicted molar refractivity (Wildman–Crippen MR) is 164 cm³/mol. The van der Waals surface area contributed by atoms with Crippen molar-refractivity contribution in [2.24, 2.45) is 11.8 Å². The third-order valence-electron chi connectivity index (χ3n) is 8.72. The van der Waals surface area contributed by atoms with Gasteiger partial charge in [-0.15, -0.1) is 0 Å². The monoisotopic (exact) mass is 725 g/mol. The third-order valence-corrected chi connectivity index (χ3v) is 8.72. The first kappa shape index (κ1) is 41.9. The molecule has 2 heterocycles. The molecule has 1 amide bonds. The van der Waals surface area contributed by atoms with Gasteiger partial charge in [0.2, 0.25) is 5.91 Å². The summed E-state index contributed by atoms with van der Waals surface area (Å²) in [4.78, 5) is 50.9. The third kappa shape index (κ3) is 9.85. The van der Waals surface area contributed by atoms with E-state index in [1.807, 2.05) is 0 Å². The molecule has 288 valence electrons. The van der Waals surface area contributed by atoms with Crippen LogP contribution in [-0.2, 0) is 52.3 Å². The molecule has 50 heavy (non-hydrogen) atoms. The summed E-state index contributed by atoms with van der Waals surface area (Å²) in [7, 11) is 1.12. The molecular formula is C31H51NO18. The number of ether oxygens (including phenoxy) is 7. The lowest BCUT2D eigenvalue weighted by atomic mass is 9.75. The van der Waals surface area contributed by atoms with Gasteiger partial charge in [0.1, 0.15) is 54.4 Å². The quantitative estimate of drug-likeness (QED) is 0.0926. The first-order chi connectivity index (χ1) is 23.1. The topological polar surface area (TPSA) is 287 Å². The normalized spacial score (nSPS) is 38.2. The van der Waals surface area contributed by atoms with E-state index in [4.69, 9.17) is 33.2 Å². The van der Waals surface area contributed by atoms with Crippen LogP contribution in [0.1, 0.15) is 54.4 Å². The fourth-order valence-corrected chi connectivity index (χ4v) is 6.12. The van der Waals surface area contributed by atoms with Gasteiger partial charge in [-0.3, -0.25) is 14.4 Å². The van der Waals surface area contributed by atoms with Gasteiger partial charge in [-0.1, -0.05) is 0 Å². The maximum absolute atomic E-state index is 13.5. The molecule has 0 bridgehead atoms. The molecule has 0 aromatic carbocycles. The van der Waals surface area contributed by atoms with Gasteiger partial charge in [0.15, 0.2) is 18.2 Å². The van der Waals surface area contributed by atoms with E-state index >= 15 is 0 Å². The van der Waals surface area contributed by atoms with Crippen molar-refractivity contribution >= 4 is 23.8 Å². The lowest BCUT2D eigenvalue weighted by Gasteiger charge is -2.49. The molecule has 1 saturated carbocycles. The van der Waals surface area contributed by atoms with E-state index < -0.39 is 134 Å². The SMILES string of the molecule is COC(=O)[C@H]1C[C@@H](OC(C)(C)C(=O)O)[C@@H](O[C@@H]2O[C@H](CO)[C@H](O)[C@H](O[C@@H]3O[C@H](CO)[C@H](O)[C@H](O)[C@H]3O)[C@H]2NC(C)=O)C[C@@H]1C(=O)OC(C)(C)C. The number of nitrogens with one attached hydrogen (secondary N) is 1. The standard InChI is InChI=1S/C31H51NO18/c1-12(35)32-19-24(48-28-23(39)22(38)20(36)17(10-33)47-28)21(37)18(11-34)46-27(19)45-15-8-14(26(41)50-30(2,3)4)13(25(40)44-7)9-16(15)49-31(5,6)29(42)43/h13-24,27-28,33-34,36-39H,8-11H2,1-7H3,(H,32,35)(H,42,43)/t13-,14-,15-,16+,17+,18+,19+,20-,21-,22-,23+,24+,27+,28-/m0/s1. The summed E-state index contributed by atoms with van der Waals surface area (Å²) < 4.78 is 40.0. The molecule has 0 spiro atoms. The highest BCUT2D eigenvalue weighted by molar-refractivity contribution is 5.82. The molecule has 19 nitrogen and oxygen atoms in total. The Balaban J connectivity index is 2.05. The average molecular weight is 726 g/mol. The van der Waals surface area contributed by atoms with E-state index in [-0.39, 0.29) is 12.8 Å². The maximum atomic E-state index is 13.5. The minimum Gasteiger partial charge on any atom is -0.479 e. The van der Waals surface area contributed by atoms with Gasteiger partial charge in [0.05, 0.1) is 44.4 Å². The van der Waals surface area contributed by atoms with Crippen LogP contribution in [0.2, 0.25) is 0 Å². The van der Waals surface area contributed by atoms with E-state index in [1.165, 1.54) is 13.8 Å². The molecule has 14 atom stereocenters. The molecule has 0 aromatic rings. The number of esters is 2. The van der Waals surface area contributed by atoms with Crippen molar-refractivity contribution in [2.45, 2.75) is 139 Å². The van der Waals surface area contributed by atoms with Gasteiger partial charge >= 0.3 is 17.9 Å². The average Bonchev–Trinajstić information content (AvgIpc) is 3.02. The predicted octanol–water partition coefficient (Wildman–Crippen LogP) is -3.07. The summed E-state index contributed by atoms with van der Waals surface area (Å²) in [6.45, 7) is 6.90. The molecule has 3 aliphatic rings. The number of amides is 1. The number of hydrogen-bond donors (Lipinski definition) is 8. The van der Waals surface area contributed by atoms with Gasteiger partial charge in [-0.2, -0.15) is 0 Å². The Hall–Kier alpha value is -2.56. The molecule has 19 heteroatoms. The number of aliphatic hydroxyl groups is 6. The summed E-state index contributed by atoms with van der Waals surface area (Å²) in [6.07, 6.45) is -18.3. The van der Waals surface area contributed by atoms with Crippen LogP contribution in [0, 0.1) is 11.8 Å². The van der Waals surface area contributed by atoms with Gasteiger partial charge in [0.25, 0.3) is 0 Å². The number of hydrogen-bond acceptors (Lipinski definition) is 17. The zero-order valence-electron chi connectivity index (χ0n) is 29.0. The van der Waals surface area contributed by atoms with Gasteiger partial charge < -0.3 is 74.2 Å². The summed E-state index contributed by atoms with van der Waals surface area (Å²) in [5.41, 5.74) is -2.80. The minimum atomic E-state index is -1.91. The number of carbonyl (C=O) groups is 4. The zero-order chi connectivity index (χ0) is 37.9. The molecule has 0 aromatic heterocycles. The Morgan fingerprint density at radius 3 is 1.82 bits per heavy atom. The Labute approximate surface area is 288 Å². The Morgan fingerprint density at radius 2 is 1.30 bits per heavy atom. The van der Waals surface area contributed by atoms with Crippen LogP contribution < -0.4 is 5.32 Å². The van der Waals surface area contributed by atoms with Gasteiger partial charge in [-0.05, 0) is 47.5 Å². The van der Waals surface area contributed by atoms with E-state index in [0.29, 0.717) is 0 Å². The number of carbonyl (C=O) groups excluding carboxylic acids is 3. The van der Waals surface area contributed by atoms with Crippen molar-refractivity contribution in [2.75, 3.05) is 20.3 Å². The van der Waals surface area contributed by atoms with E-state index in [1.54, 1.807) is 20.8 Å². The Bertz CT molecular complexity index is 1190. The van der Waals surface area contributed by atoms with Crippen molar-refractivity contribution < 1.29 is 88.1 Å². The highest BCUT2D eigenvalue weighted by atomic mass is 16.7. The molecule has 3 rings (SSSR count). The van der Waals surface area contributed by atoms with E-state index in [2.05, 4.69) is 5.32 Å². The van der Waals surface area contributed by atoms with Crippen molar-refractivity contribution in [3.63, 3.8) is 0 Å². The van der Waals surface area contributed by atoms with Gasteiger partial charge in [0, 0.05) is 6.92 Å². The number of rotatable bonds is 12. The first-order valence-electron chi connectivity index (χ1n) is 16.2. The van der Waals surface area contributed by atoms with E-state index in [0.717, 1.165) is 14.0 Å². The minimum absolute atomic E-state index is 0.285. The molecule has 8 N–H and O–H groups in total. The smallest absolute Gasteiger partial charge is 0.335 e. The van der Waals surface area contributed by atoms with Crippen molar-refractivity contribution in [3.8, 4) is 0 Å². The molecule has 0 unspecified atom stereocenters. The van der Waals surface area contributed by atoms with Crippen molar-refractivity contribution in [1.82, 2.24) is 5.32 Å². The highest BCUT2D eigenvalue weighted by Crippen LogP contribution is 2.40. The second-order valence-corrected chi connectivity index (χ2v) is 14.1. The first-order valence-corrected chi connectivity index (χ1v) is 16.2. The van der Waals surface area contributed by atoms with Crippen LogP contribution in [0.3, 0.4) is 0 Å². The second kappa shape index (κ2) is 16.8. The maximum Gasteiger partial charge on any atom is 0.335 e. The summed E-state index contributed by atoms with van der Waals surface area (Å²) in [5, 5.41) is 74.4. The van der Waals surface area contributed by atoms with Crippen LogP contribution in [0.15, 0.2) is 0 Å².